The summed E-state index contributed by atoms with van der Waals surface area (Å²) in [6.45, 7) is 0. The second-order valence-corrected chi connectivity index (χ2v) is 7.23. The van der Waals surface area contributed by atoms with Gasteiger partial charge in [-0.3, -0.25) is 4.79 Å². The zero-order valence-electron chi connectivity index (χ0n) is 12.3. The molecule has 0 unspecified atom stereocenters. The molecule has 0 fully saturated rings. The molecule has 0 aliphatic carbocycles. The zero-order valence-corrected chi connectivity index (χ0v) is 13.9. The third-order valence-electron chi connectivity index (χ3n) is 3.71. The molecule has 114 valence electrons. The van der Waals surface area contributed by atoms with Gasteiger partial charge in [-0.15, -0.1) is 4.40 Å². The summed E-state index contributed by atoms with van der Waals surface area (Å²) < 4.78 is 1.62. The predicted molar refractivity (Wildman–Crippen MR) is 92.3 cm³/mol. The number of para-hydroxylation sites is 1. The molecule has 0 bridgehead atoms. The molecule has 6 heteroatoms. The highest BCUT2D eigenvalue weighted by atomic mass is 32.2. The number of anilines is 1. The number of fused-ring (bicyclic) bond motifs is 2. The third kappa shape index (κ3) is 2.31. The van der Waals surface area contributed by atoms with Crippen molar-refractivity contribution < 1.29 is 14.3 Å². The number of nitrogens with zero attached hydrogens (tertiary/aromatic N) is 2. The topological polar surface area (TPSA) is 44.6 Å². The van der Waals surface area contributed by atoms with Gasteiger partial charge in [0.15, 0.2) is 11.1 Å². The smallest absolute Gasteiger partial charge is 0.394 e. The van der Waals surface area contributed by atoms with E-state index < -0.39 is 0 Å². The molecule has 23 heavy (non-hydrogen) atoms. The van der Waals surface area contributed by atoms with Crippen molar-refractivity contribution >= 4 is 39.4 Å². The van der Waals surface area contributed by atoms with E-state index in [2.05, 4.69) is 0 Å². The molecule has 1 aliphatic rings. The van der Waals surface area contributed by atoms with Gasteiger partial charge in [-0.25, -0.2) is 0 Å². The lowest BCUT2D eigenvalue weighted by Crippen LogP contribution is -2.17. The number of pyridine rings is 1. The minimum atomic E-state index is -0.182. The molecule has 0 saturated carbocycles. The number of hydrogen-bond acceptors (Lipinski definition) is 5. The number of carbonyl (C=O) groups is 1. The van der Waals surface area contributed by atoms with E-state index in [0.717, 1.165) is 20.4 Å². The Morgan fingerprint density at radius 1 is 1.22 bits per heavy atom. The molecule has 0 atom stereocenters. The largest absolute Gasteiger partial charge is 0.458 e. The molecule has 4 nitrogen and oxygen atoms in total. The molecule has 4 rings (SSSR count). The van der Waals surface area contributed by atoms with Crippen LogP contribution in [0, 0.1) is 0 Å². The van der Waals surface area contributed by atoms with E-state index in [1.165, 1.54) is 11.3 Å². The second kappa shape index (κ2) is 5.40. The van der Waals surface area contributed by atoms with Gasteiger partial charge in [0, 0.05) is 30.2 Å². The Balaban J connectivity index is 1.71. The summed E-state index contributed by atoms with van der Waals surface area (Å²) in [5.41, 5.74) is 1.09. The Hall–Kier alpha value is -2.31. The molecule has 0 amide bonds. The normalized spacial score (nSPS) is 15.3. The molecule has 2 aromatic heterocycles. The summed E-state index contributed by atoms with van der Waals surface area (Å²) in [6.07, 6.45) is 3.34. The van der Waals surface area contributed by atoms with E-state index in [0.29, 0.717) is 4.88 Å². The molecule has 1 aliphatic heterocycles. The van der Waals surface area contributed by atoms with Crippen LogP contribution in [0.2, 0.25) is 0 Å². The zero-order chi connectivity index (χ0) is 16.0. The quantitative estimate of drug-likeness (QED) is 0.440. The van der Waals surface area contributed by atoms with Crippen LogP contribution >= 0.6 is 23.1 Å². The molecule has 3 heterocycles. The lowest BCUT2D eigenvalue weighted by molar-refractivity contribution is -0.518. The molecule has 0 radical (unpaired) electrons. The Morgan fingerprint density at radius 2 is 2.00 bits per heavy atom. The number of thioether (sulfide) groups is 1. The van der Waals surface area contributed by atoms with E-state index in [9.17, 15) is 9.90 Å². The van der Waals surface area contributed by atoms with Gasteiger partial charge in [-0.1, -0.05) is 35.2 Å². The first kappa shape index (κ1) is 14.3. The van der Waals surface area contributed by atoms with Crippen molar-refractivity contribution in [3.05, 3.63) is 64.6 Å². The Morgan fingerprint density at radius 3 is 2.78 bits per heavy atom. The number of benzene rings is 1. The lowest BCUT2D eigenvalue weighted by atomic mass is 10.3. The minimum absolute atomic E-state index is 0.00406. The molecule has 3 aromatic rings. The Bertz CT molecular complexity index is 962. The van der Waals surface area contributed by atoms with Gasteiger partial charge in [0.1, 0.15) is 0 Å². The van der Waals surface area contributed by atoms with Gasteiger partial charge in [0.05, 0.1) is 10.7 Å². The summed E-state index contributed by atoms with van der Waals surface area (Å²) in [5.74, 6) is -0.186. The maximum absolute atomic E-state index is 12.6. The number of aromatic hydroxyl groups is 1. The highest BCUT2D eigenvalue weighted by Crippen LogP contribution is 2.44. The number of allylic oxidation sites excluding steroid dienone is 1. The van der Waals surface area contributed by atoms with Gasteiger partial charge >= 0.3 is 5.88 Å². The van der Waals surface area contributed by atoms with Crippen molar-refractivity contribution in [1.29, 1.82) is 0 Å². The van der Waals surface area contributed by atoms with Gasteiger partial charge in [0.2, 0.25) is 5.78 Å². The maximum Gasteiger partial charge on any atom is 0.394 e. The van der Waals surface area contributed by atoms with Gasteiger partial charge in [-0.05, 0) is 18.2 Å². The number of rotatable bonds is 2. The minimum Gasteiger partial charge on any atom is -0.458 e. The lowest BCUT2D eigenvalue weighted by Gasteiger charge is -2.12. The fourth-order valence-corrected chi connectivity index (χ4v) is 4.56. The first-order chi connectivity index (χ1) is 11.1. The van der Waals surface area contributed by atoms with E-state index in [-0.39, 0.29) is 11.7 Å². The van der Waals surface area contributed by atoms with E-state index in [1.54, 1.807) is 28.4 Å². The van der Waals surface area contributed by atoms with Crippen molar-refractivity contribution in [2.75, 3.05) is 11.9 Å². The summed E-state index contributed by atoms with van der Waals surface area (Å²) in [4.78, 5) is 16.9. The van der Waals surface area contributed by atoms with Crippen LogP contribution in [0.3, 0.4) is 0 Å². The van der Waals surface area contributed by atoms with E-state index in [1.807, 2.05) is 54.4 Å². The first-order valence-corrected chi connectivity index (χ1v) is 8.67. The Kier molecular flexibility index (Phi) is 3.36. The van der Waals surface area contributed by atoms with Crippen LogP contribution in [0.1, 0.15) is 9.67 Å². The first-order valence-electron chi connectivity index (χ1n) is 7.04. The average molecular weight is 341 g/mol. The fraction of sp³-hybridized carbons (Fsp3) is 0.0588. The molecule has 0 saturated heterocycles. The highest BCUT2D eigenvalue weighted by Gasteiger charge is 2.27. The van der Waals surface area contributed by atoms with Crippen LogP contribution in [-0.4, -0.2) is 17.9 Å². The monoisotopic (exact) mass is 341 g/mol. The molecular formula is C17H13N2O2S2+. The Labute approximate surface area is 141 Å². The predicted octanol–water partition coefficient (Wildman–Crippen LogP) is 3.46. The van der Waals surface area contributed by atoms with Crippen molar-refractivity contribution in [3.63, 3.8) is 0 Å². The van der Waals surface area contributed by atoms with Crippen LogP contribution in [-0.2, 0) is 0 Å². The summed E-state index contributed by atoms with van der Waals surface area (Å²) in [5, 5.41) is 11.1. The standard InChI is InChI=1S/C17H12N2O2S2/c1-18-11-6-2-3-7-13(11)22-15(18)10-12(20)16-17(21)19-9-5-4-8-14(19)23-16/h2-10H,1H3/p+1/b15-10-. The number of hydrogen-bond donors (Lipinski definition) is 1. The number of carbonyl (C=O) groups excluding carboxylic acids is 1. The van der Waals surface area contributed by atoms with E-state index >= 15 is 0 Å². The van der Waals surface area contributed by atoms with Crippen molar-refractivity contribution in [3.8, 4) is 5.88 Å². The molecule has 1 N–H and O–H groups in total. The van der Waals surface area contributed by atoms with Crippen LogP contribution in [0.4, 0.5) is 5.69 Å². The maximum atomic E-state index is 12.6. The van der Waals surface area contributed by atoms with Gasteiger partial charge in [-0.2, -0.15) is 0 Å². The van der Waals surface area contributed by atoms with Crippen molar-refractivity contribution in [2.24, 2.45) is 0 Å². The van der Waals surface area contributed by atoms with Gasteiger partial charge < -0.3 is 10.0 Å². The summed E-state index contributed by atoms with van der Waals surface area (Å²) in [6, 6.07) is 13.6. The van der Waals surface area contributed by atoms with Crippen LogP contribution in [0.15, 0.2) is 64.7 Å². The fourth-order valence-electron chi connectivity index (χ4n) is 2.53. The molecule has 0 spiro atoms. The average Bonchev–Trinajstić information content (AvgIpc) is 3.07. The second-order valence-electron chi connectivity index (χ2n) is 5.14. The SMILES string of the molecule is CN1/C(=C/C(=O)c2sc3cccc[n+]3c2O)Sc2ccccc21. The highest BCUT2D eigenvalue weighted by molar-refractivity contribution is 8.03. The van der Waals surface area contributed by atoms with E-state index in [4.69, 9.17) is 0 Å². The summed E-state index contributed by atoms with van der Waals surface area (Å²) in [7, 11) is 1.94. The van der Waals surface area contributed by atoms with Crippen LogP contribution in [0.5, 0.6) is 5.88 Å². The van der Waals surface area contributed by atoms with Crippen molar-refractivity contribution in [1.82, 2.24) is 0 Å². The number of aromatic nitrogens is 1. The number of thiazole rings is 1. The van der Waals surface area contributed by atoms with Crippen LogP contribution < -0.4 is 9.30 Å². The van der Waals surface area contributed by atoms with Crippen molar-refractivity contribution in [2.45, 2.75) is 4.90 Å². The third-order valence-corrected chi connectivity index (χ3v) is 6.01. The molecule has 1 aromatic carbocycles. The van der Waals surface area contributed by atoms with Gasteiger partial charge in [0.25, 0.3) is 4.83 Å². The molecular weight excluding hydrogens is 328 g/mol. The summed E-state index contributed by atoms with van der Waals surface area (Å²) >= 11 is 2.85. The number of ketones is 1. The van der Waals surface area contributed by atoms with Crippen LogP contribution in [0.25, 0.3) is 4.83 Å².